The van der Waals surface area contributed by atoms with E-state index in [9.17, 15) is 14.9 Å². The molecule has 10 heteroatoms. The van der Waals surface area contributed by atoms with Gasteiger partial charge in [0.25, 0.3) is 11.6 Å². The van der Waals surface area contributed by atoms with E-state index >= 15 is 0 Å². The highest BCUT2D eigenvalue weighted by molar-refractivity contribution is 6.32. The van der Waals surface area contributed by atoms with Crippen LogP contribution in [0.1, 0.15) is 23.9 Å². The zero-order chi connectivity index (χ0) is 22.4. The molecule has 0 unspecified atom stereocenters. The molecule has 0 atom stereocenters. The van der Waals surface area contributed by atoms with E-state index in [4.69, 9.17) is 15.0 Å². The summed E-state index contributed by atoms with van der Waals surface area (Å²) in [4.78, 5) is 32.6. The maximum absolute atomic E-state index is 12.5. The molecule has 158 valence electrons. The molecule has 1 N–H and O–H groups in total. The molecule has 0 fully saturated rings. The number of methoxy groups -OCH3 is 1. The molecule has 1 aromatic carbocycles. The fraction of sp³-hybridized carbons (Fsp3) is 0.190. The van der Waals surface area contributed by atoms with Crippen LogP contribution in [0.4, 0.5) is 5.69 Å². The second-order valence-electron chi connectivity index (χ2n) is 7.10. The molecule has 2 aromatic rings. The second kappa shape index (κ2) is 7.24. The molecule has 4 rings (SSSR count). The van der Waals surface area contributed by atoms with Crippen LogP contribution >= 0.6 is 0 Å². The van der Waals surface area contributed by atoms with Gasteiger partial charge in [0.1, 0.15) is 11.5 Å². The third-order valence-electron chi connectivity index (χ3n) is 5.07. The summed E-state index contributed by atoms with van der Waals surface area (Å²) in [6, 6.07) is 6.25. The number of amides is 1. The molecule has 1 amide bonds. The van der Waals surface area contributed by atoms with E-state index in [1.54, 1.807) is 25.1 Å². The average molecular weight is 421 g/mol. The number of carbonyl (C=O) groups excluding carboxylic acids is 1. The maximum atomic E-state index is 12.5. The van der Waals surface area contributed by atoms with E-state index < -0.39 is 10.8 Å². The summed E-state index contributed by atoms with van der Waals surface area (Å²) in [5.41, 5.74) is 2.95. The maximum Gasteiger partial charge on any atom is 0.282 e. The molecule has 0 spiro atoms. The predicted molar refractivity (Wildman–Crippen MR) is 113 cm³/mol. The molecule has 10 nitrogen and oxygen atoms in total. The Balaban J connectivity index is 1.78. The first-order valence-electron chi connectivity index (χ1n) is 9.33. The number of amidine groups is 2. The number of nitrogens with one attached hydrogen (secondary N) is 1. The van der Waals surface area contributed by atoms with Crippen molar-refractivity contribution in [3.8, 4) is 11.4 Å². The summed E-state index contributed by atoms with van der Waals surface area (Å²) in [7, 11) is 1.45. The Kier molecular flexibility index (Phi) is 4.69. The van der Waals surface area contributed by atoms with Crippen LogP contribution in [-0.2, 0) is 9.63 Å². The molecule has 0 saturated carbocycles. The van der Waals surface area contributed by atoms with Gasteiger partial charge >= 0.3 is 0 Å². The van der Waals surface area contributed by atoms with E-state index in [1.165, 1.54) is 24.3 Å². The summed E-state index contributed by atoms with van der Waals surface area (Å²) < 4.78 is 7.25. The van der Waals surface area contributed by atoms with E-state index in [1.807, 2.05) is 24.5 Å². The van der Waals surface area contributed by atoms with Crippen molar-refractivity contribution in [3.05, 3.63) is 68.7 Å². The van der Waals surface area contributed by atoms with Crippen molar-refractivity contribution in [1.29, 1.82) is 5.41 Å². The Morgan fingerprint density at radius 3 is 2.68 bits per heavy atom. The van der Waals surface area contributed by atoms with Crippen molar-refractivity contribution in [2.75, 3.05) is 7.11 Å². The Labute approximate surface area is 177 Å². The Bertz CT molecular complexity index is 1250. The number of fused-ring (bicyclic) bond motifs is 1. The molecular formula is C21H19N5O5. The van der Waals surface area contributed by atoms with Gasteiger partial charge in [-0.05, 0) is 44.5 Å². The van der Waals surface area contributed by atoms with Crippen molar-refractivity contribution < 1.29 is 19.3 Å². The largest absolute Gasteiger partial charge is 0.494 e. The number of carbonyl (C=O) groups is 1. The number of nitro benzene ring substituents is 1. The fourth-order valence-electron chi connectivity index (χ4n) is 3.63. The van der Waals surface area contributed by atoms with Crippen LogP contribution in [0, 0.1) is 29.4 Å². The van der Waals surface area contributed by atoms with Crippen LogP contribution in [0.15, 0.2) is 46.7 Å². The SMILES string of the molecule is COc1cc([N+](=O)[O-])ccc1-n1c(C)cc(/C=C2/C(=N)N3OC(C)=CC3=NC2=O)c1C. The summed E-state index contributed by atoms with van der Waals surface area (Å²) in [6.07, 6.45) is 3.19. The minimum atomic E-state index is -0.525. The van der Waals surface area contributed by atoms with Gasteiger partial charge in [-0.3, -0.25) is 20.3 Å². The summed E-state index contributed by atoms with van der Waals surface area (Å²) in [6.45, 7) is 5.44. The van der Waals surface area contributed by atoms with Crippen LogP contribution in [0.5, 0.6) is 5.75 Å². The molecule has 0 bridgehead atoms. The lowest BCUT2D eigenvalue weighted by Crippen LogP contribution is -2.38. The molecule has 0 saturated heterocycles. The predicted octanol–water partition coefficient (Wildman–Crippen LogP) is 3.46. The fourth-order valence-corrected chi connectivity index (χ4v) is 3.63. The molecule has 1 aromatic heterocycles. The molecule has 2 aliphatic heterocycles. The van der Waals surface area contributed by atoms with Crippen molar-refractivity contribution in [1.82, 2.24) is 9.63 Å². The number of ether oxygens (including phenoxy) is 1. The highest BCUT2D eigenvalue weighted by Gasteiger charge is 2.34. The molecule has 2 aliphatic rings. The lowest BCUT2D eigenvalue weighted by atomic mass is 10.1. The number of nitro groups is 1. The number of nitrogens with zero attached hydrogens (tertiary/aromatic N) is 4. The first-order chi connectivity index (χ1) is 14.7. The minimum absolute atomic E-state index is 0.0742. The molecule has 31 heavy (non-hydrogen) atoms. The first-order valence-corrected chi connectivity index (χ1v) is 9.33. The van der Waals surface area contributed by atoms with E-state index in [2.05, 4.69) is 4.99 Å². The van der Waals surface area contributed by atoms with E-state index in [0.717, 1.165) is 11.4 Å². The first kappa shape index (κ1) is 20.1. The van der Waals surface area contributed by atoms with Gasteiger partial charge in [-0.2, -0.15) is 4.99 Å². The monoisotopic (exact) mass is 421 g/mol. The smallest absolute Gasteiger partial charge is 0.282 e. The molecule has 0 radical (unpaired) electrons. The number of aromatic nitrogens is 1. The van der Waals surface area contributed by atoms with Gasteiger partial charge in [-0.25, -0.2) is 0 Å². The Morgan fingerprint density at radius 1 is 1.26 bits per heavy atom. The van der Waals surface area contributed by atoms with Crippen LogP contribution in [0.3, 0.4) is 0 Å². The summed E-state index contributed by atoms with van der Waals surface area (Å²) >= 11 is 0. The molecule has 3 heterocycles. The number of aryl methyl sites for hydroxylation is 1. The lowest BCUT2D eigenvalue weighted by Gasteiger charge is -2.23. The number of hydroxylamine groups is 2. The number of allylic oxidation sites excluding steroid dienone is 1. The van der Waals surface area contributed by atoms with Gasteiger partial charge < -0.3 is 14.1 Å². The quantitative estimate of drug-likeness (QED) is 0.458. The minimum Gasteiger partial charge on any atom is -0.494 e. The summed E-state index contributed by atoms with van der Waals surface area (Å²) in [5.74, 6) is 0.550. The number of rotatable bonds is 4. The lowest BCUT2D eigenvalue weighted by molar-refractivity contribution is -0.384. The number of benzene rings is 1. The van der Waals surface area contributed by atoms with Gasteiger partial charge in [-0.15, -0.1) is 5.06 Å². The van der Waals surface area contributed by atoms with Crippen molar-refractivity contribution >= 4 is 29.3 Å². The Hall–Kier alpha value is -4.21. The average Bonchev–Trinajstić information content (AvgIpc) is 3.23. The zero-order valence-corrected chi connectivity index (χ0v) is 17.3. The van der Waals surface area contributed by atoms with Gasteiger partial charge in [0.15, 0.2) is 11.7 Å². The zero-order valence-electron chi connectivity index (χ0n) is 17.3. The number of non-ortho nitro benzene ring substituents is 1. The van der Waals surface area contributed by atoms with Crippen LogP contribution in [0.2, 0.25) is 0 Å². The third kappa shape index (κ3) is 3.27. The van der Waals surface area contributed by atoms with Gasteiger partial charge in [-0.1, -0.05) is 0 Å². The normalized spacial score (nSPS) is 16.8. The topological polar surface area (TPSA) is 123 Å². The van der Waals surface area contributed by atoms with Gasteiger partial charge in [0.05, 0.1) is 29.4 Å². The highest BCUT2D eigenvalue weighted by Crippen LogP contribution is 2.32. The Morgan fingerprint density at radius 2 is 2.00 bits per heavy atom. The van der Waals surface area contributed by atoms with Crippen LogP contribution in [-0.4, -0.2) is 39.2 Å². The third-order valence-corrected chi connectivity index (χ3v) is 5.07. The van der Waals surface area contributed by atoms with Gasteiger partial charge in [0.2, 0.25) is 0 Å². The van der Waals surface area contributed by atoms with E-state index in [0.29, 0.717) is 22.8 Å². The van der Waals surface area contributed by atoms with Crippen molar-refractivity contribution in [3.63, 3.8) is 0 Å². The number of hydrogen-bond donors (Lipinski definition) is 1. The molecule has 0 aliphatic carbocycles. The van der Waals surface area contributed by atoms with Crippen LogP contribution < -0.4 is 4.74 Å². The number of aliphatic imine (C=N–C) groups is 1. The molecular weight excluding hydrogens is 402 g/mol. The van der Waals surface area contributed by atoms with Crippen molar-refractivity contribution in [2.45, 2.75) is 20.8 Å². The summed E-state index contributed by atoms with van der Waals surface area (Å²) in [5, 5.41) is 20.7. The second-order valence-corrected chi connectivity index (χ2v) is 7.10. The number of hydrogen-bond acceptors (Lipinski definition) is 6. The van der Waals surface area contributed by atoms with E-state index in [-0.39, 0.29) is 22.9 Å². The van der Waals surface area contributed by atoms with Crippen molar-refractivity contribution in [2.24, 2.45) is 4.99 Å². The standard InChI is InChI=1S/C21H19N5O5/c1-11-7-14(9-16-20(22)25-19(23-21(16)27)8-12(2)31-25)13(3)24(11)17-6-5-15(26(28)29)10-18(17)30-4/h5-10,22H,1-4H3/b16-9-,22-20?. The highest BCUT2D eigenvalue weighted by atomic mass is 16.7. The van der Waals surface area contributed by atoms with Gasteiger partial charge in [0, 0.05) is 23.5 Å². The van der Waals surface area contributed by atoms with Crippen LogP contribution in [0.25, 0.3) is 11.8 Å².